The summed E-state index contributed by atoms with van der Waals surface area (Å²) in [7, 11) is 1.26. The van der Waals surface area contributed by atoms with Gasteiger partial charge >= 0.3 is 5.97 Å². The number of nitrogens with one attached hydrogen (secondary N) is 2. The molecule has 0 aliphatic rings. The molecule has 30 heavy (non-hydrogen) atoms. The summed E-state index contributed by atoms with van der Waals surface area (Å²) in [6.45, 7) is 6.90. The van der Waals surface area contributed by atoms with E-state index in [1.165, 1.54) is 13.2 Å². The summed E-state index contributed by atoms with van der Waals surface area (Å²) in [6.07, 6.45) is 0. The smallest absolute Gasteiger partial charge is 0.338 e. The fourth-order valence-corrected chi connectivity index (χ4v) is 2.94. The summed E-state index contributed by atoms with van der Waals surface area (Å²) in [4.78, 5) is 37.2. The average molecular weight is 418 g/mol. The molecule has 8 heteroatoms. The maximum Gasteiger partial charge on any atom is 0.338 e. The molecule has 1 atom stereocenters. The van der Waals surface area contributed by atoms with Gasteiger partial charge in [0, 0.05) is 5.69 Å². The number of carbonyl (C=O) groups excluding carboxylic acids is 3. The molecule has 0 aliphatic heterocycles. The lowest BCUT2D eigenvalue weighted by molar-refractivity contribution is -0.118. The molecule has 0 aliphatic carbocycles. The Morgan fingerprint density at radius 1 is 1.03 bits per heavy atom. The molecular weight excluding hydrogens is 394 g/mol. The number of hydrogen-bond donors (Lipinski definition) is 2. The largest absolute Gasteiger partial charge is 0.465 e. The zero-order valence-corrected chi connectivity index (χ0v) is 17.4. The van der Waals surface area contributed by atoms with E-state index in [1.807, 2.05) is 0 Å². The van der Waals surface area contributed by atoms with Crippen molar-refractivity contribution >= 4 is 23.5 Å². The molecule has 0 aromatic heterocycles. The van der Waals surface area contributed by atoms with Crippen LogP contribution in [0.4, 0.5) is 14.5 Å². The van der Waals surface area contributed by atoms with Crippen molar-refractivity contribution in [1.82, 2.24) is 5.32 Å². The van der Waals surface area contributed by atoms with Gasteiger partial charge < -0.3 is 15.4 Å². The molecule has 0 radical (unpaired) electrons. The number of hydrogen-bond acceptors (Lipinski definition) is 4. The molecule has 160 valence electrons. The summed E-state index contributed by atoms with van der Waals surface area (Å²) in [5.41, 5.74) is 1.34. The Hall–Kier alpha value is -3.29. The van der Waals surface area contributed by atoms with Gasteiger partial charge in [-0.1, -0.05) is 19.9 Å². The average Bonchev–Trinajstić information content (AvgIpc) is 2.67. The predicted molar refractivity (Wildman–Crippen MR) is 108 cm³/mol. The summed E-state index contributed by atoms with van der Waals surface area (Å²) >= 11 is 0. The lowest BCUT2D eigenvalue weighted by Crippen LogP contribution is -2.47. The van der Waals surface area contributed by atoms with E-state index < -0.39 is 41.0 Å². The molecule has 2 rings (SSSR count). The predicted octanol–water partition coefficient (Wildman–Crippen LogP) is 3.76. The molecule has 0 saturated heterocycles. The van der Waals surface area contributed by atoms with E-state index in [0.29, 0.717) is 16.8 Å². The Labute approximate surface area is 173 Å². The number of anilines is 1. The van der Waals surface area contributed by atoms with Gasteiger partial charge in [0.1, 0.15) is 23.2 Å². The zero-order valence-electron chi connectivity index (χ0n) is 17.4. The van der Waals surface area contributed by atoms with E-state index in [-0.39, 0.29) is 5.92 Å². The second kappa shape index (κ2) is 9.47. The lowest BCUT2D eigenvalue weighted by Gasteiger charge is -2.22. The number of esters is 1. The van der Waals surface area contributed by atoms with Gasteiger partial charge in [0.2, 0.25) is 5.91 Å². The van der Waals surface area contributed by atoms with E-state index in [4.69, 9.17) is 4.74 Å². The van der Waals surface area contributed by atoms with Crippen LogP contribution in [0.15, 0.2) is 30.3 Å². The van der Waals surface area contributed by atoms with Crippen LogP contribution in [0.25, 0.3) is 0 Å². The molecule has 6 nitrogen and oxygen atoms in total. The van der Waals surface area contributed by atoms with Gasteiger partial charge in [-0.05, 0) is 55.2 Å². The van der Waals surface area contributed by atoms with Crippen LogP contribution in [0, 0.1) is 31.4 Å². The monoisotopic (exact) mass is 418 g/mol. The topological polar surface area (TPSA) is 84.5 Å². The van der Waals surface area contributed by atoms with E-state index >= 15 is 0 Å². The van der Waals surface area contributed by atoms with Crippen LogP contribution < -0.4 is 10.6 Å². The minimum Gasteiger partial charge on any atom is -0.465 e. The van der Waals surface area contributed by atoms with Gasteiger partial charge in [-0.25, -0.2) is 13.6 Å². The van der Waals surface area contributed by atoms with Crippen LogP contribution in [0.1, 0.15) is 45.7 Å². The first-order valence-corrected chi connectivity index (χ1v) is 9.32. The highest BCUT2D eigenvalue weighted by Crippen LogP contribution is 2.22. The fourth-order valence-electron chi connectivity index (χ4n) is 2.94. The van der Waals surface area contributed by atoms with Crippen molar-refractivity contribution < 1.29 is 27.9 Å². The summed E-state index contributed by atoms with van der Waals surface area (Å²) in [5.74, 6) is -4.59. The van der Waals surface area contributed by atoms with Gasteiger partial charge in [-0.3, -0.25) is 9.59 Å². The van der Waals surface area contributed by atoms with Crippen molar-refractivity contribution in [3.8, 4) is 0 Å². The first-order valence-electron chi connectivity index (χ1n) is 9.32. The first-order chi connectivity index (χ1) is 14.1. The van der Waals surface area contributed by atoms with Crippen molar-refractivity contribution in [3.05, 3.63) is 64.2 Å². The van der Waals surface area contributed by atoms with E-state index in [9.17, 15) is 23.2 Å². The number of rotatable bonds is 6. The van der Waals surface area contributed by atoms with Gasteiger partial charge in [0.25, 0.3) is 5.91 Å². The molecule has 0 heterocycles. The van der Waals surface area contributed by atoms with Gasteiger partial charge in [-0.15, -0.1) is 0 Å². The highest BCUT2D eigenvalue weighted by molar-refractivity contribution is 6.02. The number of ether oxygens (including phenoxy) is 1. The van der Waals surface area contributed by atoms with Crippen molar-refractivity contribution in [1.29, 1.82) is 0 Å². The third-order valence-electron chi connectivity index (χ3n) is 4.77. The fraction of sp³-hybridized carbons (Fsp3) is 0.318. The molecule has 2 N–H and O–H groups in total. The normalized spacial score (nSPS) is 11.7. The molecule has 2 amide bonds. The number of carbonyl (C=O) groups is 3. The highest BCUT2D eigenvalue weighted by Gasteiger charge is 2.27. The Morgan fingerprint density at radius 3 is 2.17 bits per heavy atom. The molecule has 0 fully saturated rings. The van der Waals surface area contributed by atoms with Gasteiger partial charge in [0.05, 0.1) is 12.7 Å². The minimum absolute atomic E-state index is 0.298. The number of halogens is 2. The molecule has 0 bridgehead atoms. The third-order valence-corrected chi connectivity index (χ3v) is 4.77. The SMILES string of the molecule is COC(=O)c1cc(NC(=O)C(NC(=O)c2c(F)cccc2F)C(C)C)cc(C)c1C. The second-order valence-corrected chi connectivity index (χ2v) is 7.24. The summed E-state index contributed by atoms with van der Waals surface area (Å²) in [6, 6.07) is 5.15. The third kappa shape index (κ3) is 5.00. The minimum atomic E-state index is -1.07. The van der Waals surface area contributed by atoms with Crippen LogP contribution in [-0.2, 0) is 9.53 Å². The first kappa shape index (κ1) is 23.0. The van der Waals surface area contributed by atoms with Crippen molar-refractivity contribution in [2.75, 3.05) is 12.4 Å². The lowest BCUT2D eigenvalue weighted by atomic mass is 10.0. The molecule has 0 spiro atoms. The van der Waals surface area contributed by atoms with Crippen molar-refractivity contribution in [2.45, 2.75) is 33.7 Å². The Balaban J connectivity index is 2.28. The molecule has 2 aromatic rings. The van der Waals surface area contributed by atoms with E-state index in [2.05, 4.69) is 10.6 Å². The van der Waals surface area contributed by atoms with Gasteiger partial charge in [0.15, 0.2) is 0 Å². The molecular formula is C22H24F2N2O4. The van der Waals surface area contributed by atoms with Crippen LogP contribution in [0.5, 0.6) is 0 Å². The van der Waals surface area contributed by atoms with Gasteiger partial charge in [-0.2, -0.15) is 0 Å². The standard InChI is InChI=1S/C22H24F2N2O4/c1-11(2)19(26-20(27)18-16(23)7-6-8-17(18)24)21(28)25-14-9-12(3)13(4)15(10-14)22(29)30-5/h6-11,19H,1-5H3,(H,25,28)(H,26,27). The van der Waals surface area contributed by atoms with Crippen molar-refractivity contribution in [3.63, 3.8) is 0 Å². The van der Waals surface area contributed by atoms with Crippen LogP contribution in [-0.4, -0.2) is 30.9 Å². The Bertz CT molecular complexity index is 969. The number of amides is 2. The quantitative estimate of drug-likeness (QED) is 0.700. The van der Waals surface area contributed by atoms with Crippen LogP contribution >= 0.6 is 0 Å². The van der Waals surface area contributed by atoms with Crippen LogP contribution in [0.2, 0.25) is 0 Å². The summed E-state index contributed by atoms with van der Waals surface area (Å²) < 4.78 is 32.5. The molecule has 2 aromatic carbocycles. The van der Waals surface area contributed by atoms with E-state index in [0.717, 1.165) is 23.8 Å². The summed E-state index contributed by atoms with van der Waals surface area (Å²) in [5, 5.41) is 5.03. The molecule has 0 saturated carbocycles. The maximum absolute atomic E-state index is 13.9. The number of aryl methyl sites for hydroxylation is 1. The Morgan fingerprint density at radius 2 is 1.63 bits per heavy atom. The highest BCUT2D eigenvalue weighted by atomic mass is 19.1. The number of benzene rings is 2. The van der Waals surface area contributed by atoms with E-state index in [1.54, 1.807) is 33.8 Å². The molecule has 1 unspecified atom stereocenters. The van der Waals surface area contributed by atoms with Crippen LogP contribution in [0.3, 0.4) is 0 Å². The Kier molecular flexibility index (Phi) is 7.26. The number of methoxy groups -OCH3 is 1. The maximum atomic E-state index is 13.9. The zero-order chi connectivity index (χ0) is 22.6. The van der Waals surface area contributed by atoms with Crippen molar-refractivity contribution in [2.24, 2.45) is 5.92 Å². The second-order valence-electron chi connectivity index (χ2n) is 7.24.